The largest absolute Gasteiger partial charge is 0.466 e. The van der Waals surface area contributed by atoms with Crippen molar-refractivity contribution >= 4 is 5.91 Å². The van der Waals surface area contributed by atoms with Crippen molar-refractivity contribution in [2.45, 2.75) is 33.1 Å². The fourth-order valence-corrected chi connectivity index (χ4v) is 1.56. The van der Waals surface area contributed by atoms with Crippen molar-refractivity contribution in [3.63, 3.8) is 0 Å². The molecule has 0 bridgehead atoms. The number of rotatable bonds is 7. The van der Waals surface area contributed by atoms with Crippen LogP contribution in [0.15, 0.2) is 16.5 Å². The predicted octanol–water partition coefficient (Wildman–Crippen LogP) is 1.66. The van der Waals surface area contributed by atoms with E-state index in [2.05, 4.69) is 5.32 Å². The number of carbonyl (C=O) groups excluding carboxylic acids is 1. The van der Waals surface area contributed by atoms with E-state index < -0.39 is 0 Å². The molecular weight excluding hydrogens is 218 g/mol. The third kappa shape index (κ3) is 5.54. The van der Waals surface area contributed by atoms with Gasteiger partial charge in [-0.2, -0.15) is 0 Å². The van der Waals surface area contributed by atoms with Crippen molar-refractivity contribution in [1.29, 1.82) is 0 Å². The van der Waals surface area contributed by atoms with Crippen molar-refractivity contribution in [3.05, 3.63) is 23.7 Å². The molecule has 0 radical (unpaired) electrons. The normalized spacial score (nSPS) is 12.4. The first-order valence-electron chi connectivity index (χ1n) is 6.04. The van der Waals surface area contributed by atoms with Crippen LogP contribution in [0, 0.1) is 12.8 Å². The highest BCUT2D eigenvalue weighted by Crippen LogP contribution is 2.08. The molecule has 0 aliphatic heterocycles. The molecule has 17 heavy (non-hydrogen) atoms. The van der Waals surface area contributed by atoms with Crippen LogP contribution >= 0.6 is 0 Å². The van der Waals surface area contributed by atoms with Crippen molar-refractivity contribution in [1.82, 2.24) is 5.32 Å². The molecule has 0 aliphatic rings. The zero-order valence-electron chi connectivity index (χ0n) is 10.5. The van der Waals surface area contributed by atoms with Crippen molar-refractivity contribution in [2.24, 2.45) is 5.92 Å². The smallest absolute Gasteiger partial charge is 0.220 e. The molecule has 0 aromatic carbocycles. The first-order valence-corrected chi connectivity index (χ1v) is 6.04. The van der Waals surface area contributed by atoms with Gasteiger partial charge in [0.05, 0.1) is 0 Å². The van der Waals surface area contributed by atoms with Gasteiger partial charge in [0.25, 0.3) is 0 Å². The molecule has 4 nitrogen and oxygen atoms in total. The summed E-state index contributed by atoms with van der Waals surface area (Å²) in [5.74, 6) is 2.07. The number of aliphatic hydroxyl groups is 1. The van der Waals surface area contributed by atoms with Gasteiger partial charge in [-0.1, -0.05) is 6.92 Å². The maximum atomic E-state index is 11.5. The predicted molar refractivity (Wildman–Crippen MR) is 65.6 cm³/mol. The van der Waals surface area contributed by atoms with E-state index in [9.17, 15) is 4.79 Å². The van der Waals surface area contributed by atoms with Crippen LogP contribution in [-0.4, -0.2) is 24.2 Å². The first kappa shape index (κ1) is 13.8. The number of nitrogens with one attached hydrogen (secondary N) is 1. The lowest BCUT2D eigenvalue weighted by atomic mass is 10.1. The fourth-order valence-electron chi connectivity index (χ4n) is 1.56. The van der Waals surface area contributed by atoms with E-state index in [1.165, 1.54) is 0 Å². The first-order chi connectivity index (χ1) is 8.11. The van der Waals surface area contributed by atoms with Crippen LogP contribution in [0.2, 0.25) is 0 Å². The molecule has 4 heteroatoms. The number of amides is 1. The highest BCUT2D eigenvalue weighted by Gasteiger charge is 2.07. The summed E-state index contributed by atoms with van der Waals surface area (Å²) in [6.07, 6.45) is 1.80. The number of aliphatic hydroxyl groups excluding tert-OH is 1. The van der Waals surface area contributed by atoms with Crippen LogP contribution in [0.4, 0.5) is 0 Å². The molecule has 1 rings (SSSR count). The van der Waals surface area contributed by atoms with E-state index in [0.717, 1.165) is 17.9 Å². The standard InChI is InChI=1S/C13H21NO3/c1-10(7-8-15)9-14-13(16)6-5-12-4-3-11(2)17-12/h3-4,10,15H,5-9H2,1-2H3,(H,14,16). The Morgan fingerprint density at radius 3 is 2.88 bits per heavy atom. The second-order valence-electron chi connectivity index (χ2n) is 4.43. The van der Waals surface area contributed by atoms with Gasteiger partial charge >= 0.3 is 0 Å². The van der Waals surface area contributed by atoms with Gasteiger partial charge in [-0.25, -0.2) is 0 Å². The van der Waals surface area contributed by atoms with Crippen LogP contribution in [0.5, 0.6) is 0 Å². The quantitative estimate of drug-likeness (QED) is 0.760. The number of carbonyl (C=O) groups is 1. The number of hydrogen-bond donors (Lipinski definition) is 2. The minimum atomic E-state index is 0.0313. The lowest BCUT2D eigenvalue weighted by Gasteiger charge is -2.10. The Morgan fingerprint density at radius 2 is 2.29 bits per heavy atom. The Morgan fingerprint density at radius 1 is 1.53 bits per heavy atom. The zero-order chi connectivity index (χ0) is 12.7. The topological polar surface area (TPSA) is 62.5 Å². The summed E-state index contributed by atoms with van der Waals surface area (Å²) in [6.45, 7) is 4.69. The third-order valence-corrected chi connectivity index (χ3v) is 2.66. The monoisotopic (exact) mass is 239 g/mol. The molecule has 1 heterocycles. The van der Waals surface area contributed by atoms with Crippen molar-refractivity contribution < 1.29 is 14.3 Å². The van der Waals surface area contributed by atoms with Gasteiger partial charge in [-0.05, 0) is 31.4 Å². The van der Waals surface area contributed by atoms with E-state index in [4.69, 9.17) is 9.52 Å². The molecule has 1 unspecified atom stereocenters. The number of hydrogen-bond acceptors (Lipinski definition) is 3. The molecular formula is C13H21NO3. The van der Waals surface area contributed by atoms with Crippen LogP contribution in [0.25, 0.3) is 0 Å². The lowest BCUT2D eigenvalue weighted by Crippen LogP contribution is -2.28. The van der Waals surface area contributed by atoms with Gasteiger partial charge in [-0.15, -0.1) is 0 Å². The average molecular weight is 239 g/mol. The Kier molecular flexibility index (Phi) is 5.77. The molecule has 0 spiro atoms. The molecule has 1 amide bonds. The molecule has 1 aromatic heterocycles. The van der Waals surface area contributed by atoms with Crippen molar-refractivity contribution in [2.75, 3.05) is 13.2 Å². The Labute approximate surface area is 102 Å². The Hall–Kier alpha value is -1.29. The van der Waals surface area contributed by atoms with Gasteiger partial charge in [0.15, 0.2) is 0 Å². The van der Waals surface area contributed by atoms with E-state index in [0.29, 0.717) is 25.3 Å². The number of furan rings is 1. The van der Waals surface area contributed by atoms with Crippen molar-refractivity contribution in [3.8, 4) is 0 Å². The van der Waals surface area contributed by atoms with Crippen LogP contribution in [0.3, 0.4) is 0 Å². The van der Waals surface area contributed by atoms with Gasteiger partial charge in [0, 0.05) is 26.0 Å². The molecule has 0 fully saturated rings. The highest BCUT2D eigenvalue weighted by molar-refractivity contribution is 5.76. The van der Waals surface area contributed by atoms with Gasteiger partial charge in [0.1, 0.15) is 11.5 Å². The van der Waals surface area contributed by atoms with Crippen LogP contribution in [0.1, 0.15) is 31.3 Å². The minimum absolute atomic E-state index is 0.0313. The molecule has 1 atom stereocenters. The maximum Gasteiger partial charge on any atom is 0.220 e. The summed E-state index contributed by atoms with van der Waals surface area (Å²) in [5.41, 5.74) is 0. The fraction of sp³-hybridized carbons (Fsp3) is 0.615. The summed E-state index contributed by atoms with van der Waals surface area (Å²) >= 11 is 0. The lowest BCUT2D eigenvalue weighted by molar-refractivity contribution is -0.121. The molecule has 1 aromatic rings. The van der Waals surface area contributed by atoms with E-state index >= 15 is 0 Å². The van der Waals surface area contributed by atoms with Gasteiger partial charge < -0.3 is 14.8 Å². The molecule has 0 saturated carbocycles. The summed E-state index contributed by atoms with van der Waals surface area (Å²) in [6, 6.07) is 3.80. The summed E-state index contributed by atoms with van der Waals surface area (Å²) in [5, 5.41) is 11.6. The molecule has 0 saturated heterocycles. The number of aryl methyl sites for hydroxylation is 2. The summed E-state index contributed by atoms with van der Waals surface area (Å²) in [7, 11) is 0. The van der Waals surface area contributed by atoms with Crippen LogP contribution in [-0.2, 0) is 11.2 Å². The second-order valence-corrected chi connectivity index (χ2v) is 4.43. The third-order valence-electron chi connectivity index (χ3n) is 2.66. The summed E-state index contributed by atoms with van der Waals surface area (Å²) < 4.78 is 5.38. The second kappa shape index (κ2) is 7.12. The maximum absolute atomic E-state index is 11.5. The molecule has 2 N–H and O–H groups in total. The highest BCUT2D eigenvalue weighted by atomic mass is 16.3. The van der Waals surface area contributed by atoms with Gasteiger partial charge in [0.2, 0.25) is 5.91 Å². The average Bonchev–Trinajstić information content (AvgIpc) is 2.70. The summed E-state index contributed by atoms with van der Waals surface area (Å²) in [4.78, 5) is 11.5. The van der Waals surface area contributed by atoms with E-state index in [1.807, 2.05) is 26.0 Å². The minimum Gasteiger partial charge on any atom is -0.466 e. The zero-order valence-corrected chi connectivity index (χ0v) is 10.5. The van der Waals surface area contributed by atoms with Crippen LogP contribution < -0.4 is 5.32 Å². The SMILES string of the molecule is Cc1ccc(CCC(=O)NCC(C)CCO)o1. The molecule has 96 valence electrons. The Bertz CT molecular complexity index is 346. The molecule has 0 aliphatic carbocycles. The van der Waals surface area contributed by atoms with E-state index in [1.54, 1.807) is 0 Å². The van der Waals surface area contributed by atoms with Gasteiger partial charge in [-0.3, -0.25) is 4.79 Å². The Balaban J connectivity index is 2.17. The van der Waals surface area contributed by atoms with E-state index in [-0.39, 0.29) is 12.5 Å².